The first-order valence-corrected chi connectivity index (χ1v) is 8.06. The third-order valence-electron chi connectivity index (χ3n) is 4.56. The SMILES string of the molecule is CCc1ccc2c(ccc3cc(-c4ccc(F)c(F)c4)ccc32)c1. The predicted octanol–water partition coefficient (Wildman–Crippen LogP) is 6.50. The summed E-state index contributed by atoms with van der Waals surface area (Å²) in [5, 5.41) is 4.69. The van der Waals surface area contributed by atoms with Crippen molar-refractivity contribution in [3.05, 3.63) is 83.9 Å². The van der Waals surface area contributed by atoms with Crippen molar-refractivity contribution < 1.29 is 8.78 Å². The third kappa shape index (κ3) is 2.44. The molecule has 0 spiro atoms. The second-order valence-electron chi connectivity index (χ2n) is 6.04. The molecule has 0 aliphatic carbocycles. The summed E-state index contributed by atoms with van der Waals surface area (Å²) in [4.78, 5) is 0. The minimum absolute atomic E-state index is 0.678. The molecule has 24 heavy (non-hydrogen) atoms. The molecule has 0 aliphatic heterocycles. The Morgan fingerprint density at radius 1 is 0.625 bits per heavy atom. The average Bonchev–Trinajstić information content (AvgIpc) is 2.62. The van der Waals surface area contributed by atoms with Crippen LogP contribution in [0.25, 0.3) is 32.7 Å². The molecule has 2 heteroatoms. The Balaban J connectivity index is 1.89. The smallest absolute Gasteiger partial charge is 0.159 e. The Labute approximate surface area is 139 Å². The van der Waals surface area contributed by atoms with Gasteiger partial charge in [-0.1, -0.05) is 55.5 Å². The van der Waals surface area contributed by atoms with Crippen LogP contribution in [0.5, 0.6) is 0 Å². The number of hydrogen-bond donors (Lipinski definition) is 0. The average molecular weight is 318 g/mol. The van der Waals surface area contributed by atoms with E-state index in [0.29, 0.717) is 5.56 Å². The summed E-state index contributed by atoms with van der Waals surface area (Å²) in [6.45, 7) is 2.15. The fourth-order valence-electron chi connectivity index (χ4n) is 3.20. The molecule has 0 unspecified atom stereocenters. The van der Waals surface area contributed by atoms with Crippen LogP contribution in [0.2, 0.25) is 0 Å². The van der Waals surface area contributed by atoms with Crippen LogP contribution in [-0.4, -0.2) is 0 Å². The van der Waals surface area contributed by atoms with Gasteiger partial charge in [0, 0.05) is 0 Å². The van der Waals surface area contributed by atoms with Crippen LogP contribution in [0, 0.1) is 11.6 Å². The number of fused-ring (bicyclic) bond motifs is 3. The molecule has 4 rings (SSSR count). The van der Waals surface area contributed by atoms with Gasteiger partial charge in [0.2, 0.25) is 0 Å². The van der Waals surface area contributed by atoms with E-state index < -0.39 is 11.6 Å². The summed E-state index contributed by atoms with van der Waals surface area (Å²) in [6, 6.07) is 20.8. The van der Waals surface area contributed by atoms with Gasteiger partial charge in [0.1, 0.15) is 0 Å². The van der Waals surface area contributed by atoms with Crippen molar-refractivity contribution in [3.63, 3.8) is 0 Å². The Morgan fingerprint density at radius 3 is 1.96 bits per heavy atom. The highest BCUT2D eigenvalue weighted by Crippen LogP contribution is 2.30. The first-order valence-electron chi connectivity index (χ1n) is 8.06. The summed E-state index contributed by atoms with van der Waals surface area (Å²) in [6.07, 6.45) is 1.02. The van der Waals surface area contributed by atoms with Crippen LogP contribution in [0.4, 0.5) is 8.78 Å². The number of halogens is 2. The van der Waals surface area contributed by atoms with Crippen molar-refractivity contribution in [1.82, 2.24) is 0 Å². The van der Waals surface area contributed by atoms with Gasteiger partial charge in [0.05, 0.1) is 0 Å². The summed E-state index contributed by atoms with van der Waals surface area (Å²) in [7, 11) is 0. The van der Waals surface area contributed by atoms with Crippen molar-refractivity contribution in [2.24, 2.45) is 0 Å². The van der Waals surface area contributed by atoms with Crippen LogP contribution in [0.1, 0.15) is 12.5 Å². The minimum Gasteiger partial charge on any atom is -0.204 e. The lowest BCUT2D eigenvalue weighted by Gasteiger charge is -2.09. The highest BCUT2D eigenvalue weighted by Gasteiger charge is 2.07. The second-order valence-corrected chi connectivity index (χ2v) is 6.04. The van der Waals surface area contributed by atoms with E-state index in [4.69, 9.17) is 0 Å². The van der Waals surface area contributed by atoms with E-state index >= 15 is 0 Å². The maximum absolute atomic E-state index is 13.5. The molecule has 0 amide bonds. The molecule has 4 aromatic carbocycles. The number of aryl methyl sites for hydroxylation is 1. The van der Waals surface area contributed by atoms with Crippen molar-refractivity contribution in [2.75, 3.05) is 0 Å². The van der Waals surface area contributed by atoms with Gasteiger partial charge in [0.25, 0.3) is 0 Å². The molecular weight excluding hydrogens is 302 g/mol. The molecule has 118 valence electrons. The van der Waals surface area contributed by atoms with Crippen molar-refractivity contribution in [1.29, 1.82) is 0 Å². The fourth-order valence-corrected chi connectivity index (χ4v) is 3.20. The minimum atomic E-state index is -0.822. The molecule has 0 fully saturated rings. The zero-order valence-corrected chi connectivity index (χ0v) is 13.3. The van der Waals surface area contributed by atoms with Crippen LogP contribution in [0.15, 0.2) is 66.7 Å². The fraction of sp³-hybridized carbons (Fsp3) is 0.0909. The summed E-state index contributed by atoms with van der Waals surface area (Å²) in [5.41, 5.74) is 2.88. The van der Waals surface area contributed by atoms with Crippen LogP contribution >= 0.6 is 0 Å². The quantitative estimate of drug-likeness (QED) is 0.370. The molecule has 0 radical (unpaired) electrons. The first kappa shape index (κ1) is 14.8. The van der Waals surface area contributed by atoms with E-state index in [-0.39, 0.29) is 0 Å². The van der Waals surface area contributed by atoms with Crippen LogP contribution < -0.4 is 0 Å². The largest absolute Gasteiger partial charge is 0.204 e. The van der Waals surface area contributed by atoms with Gasteiger partial charge in [-0.15, -0.1) is 0 Å². The van der Waals surface area contributed by atoms with E-state index in [9.17, 15) is 8.78 Å². The topological polar surface area (TPSA) is 0 Å². The number of hydrogen-bond acceptors (Lipinski definition) is 0. The Hall–Kier alpha value is -2.74. The van der Waals surface area contributed by atoms with Gasteiger partial charge in [0.15, 0.2) is 11.6 Å². The van der Waals surface area contributed by atoms with E-state index in [0.717, 1.165) is 17.4 Å². The van der Waals surface area contributed by atoms with Gasteiger partial charge >= 0.3 is 0 Å². The molecule has 0 heterocycles. The maximum Gasteiger partial charge on any atom is 0.159 e. The van der Waals surface area contributed by atoms with Gasteiger partial charge in [-0.2, -0.15) is 0 Å². The standard InChI is InChI=1S/C22H16F2/c1-2-14-3-8-19-17(11-14)4-5-18-12-15(6-9-20(18)19)16-7-10-21(23)22(24)13-16/h3-13H,2H2,1H3. The van der Waals surface area contributed by atoms with Crippen molar-refractivity contribution in [3.8, 4) is 11.1 Å². The molecule has 0 aliphatic rings. The molecule has 0 N–H and O–H groups in total. The Kier molecular flexibility index (Phi) is 3.53. The lowest BCUT2D eigenvalue weighted by atomic mass is 9.96. The lowest BCUT2D eigenvalue weighted by molar-refractivity contribution is 0.509. The van der Waals surface area contributed by atoms with E-state index in [1.807, 2.05) is 12.1 Å². The maximum atomic E-state index is 13.5. The van der Waals surface area contributed by atoms with Gasteiger partial charge in [-0.05, 0) is 62.9 Å². The summed E-state index contributed by atoms with van der Waals surface area (Å²) >= 11 is 0. The molecule has 0 nitrogen and oxygen atoms in total. The van der Waals surface area contributed by atoms with E-state index in [1.165, 1.54) is 33.9 Å². The van der Waals surface area contributed by atoms with Gasteiger partial charge in [-0.3, -0.25) is 0 Å². The molecule has 0 saturated carbocycles. The Bertz CT molecular complexity index is 1060. The van der Waals surface area contributed by atoms with Crippen molar-refractivity contribution in [2.45, 2.75) is 13.3 Å². The molecule has 0 atom stereocenters. The highest BCUT2D eigenvalue weighted by molar-refractivity contribution is 6.08. The molecule has 0 bridgehead atoms. The lowest BCUT2D eigenvalue weighted by Crippen LogP contribution is -1.86. The molecular formula is C22H16F2. The molecule has 0 aromatic heterocycles. The van der Waals surface area contributed by atoms with E-state index in [2.05, 4.69) is 43.3 Å². The zero-order valence-electron chi connectivity index (χ0n) is 13.3. The highest BCUT2D eigenvalue weighted by atomic mass is 19.2. The summed E-state index contributed by atoms with van der Waals surface area (Å²) < 4.78 is 26.6. The van der Waals surface area contributed by atoms with Gasteiger partial charge < -0.3 is 0 Å². The molecule has 4 aromatic rings. The van der Waals surface area contributed by atoms with Crippen LogP contribution in [-0.2, 0) is 6.42 Å². The second kappa shape index (κ2) is 5.72. The number of benzene rings is 4. The summed E-state index contributed by atoms with van der Waals surface area (Å²) in [5.74, 6) is -1.64. The monoisotopic (exact) mass is 318 g/mol. The predicted molar refractivity (Wildman–Crippen MR) is 96.2 cm³/mol. The Morgan fingerprint density at radius 2 is 1.25 bits per heavy atom. The van der Waals surface area contributed by atoms with Gasteiger partial charge in [-0.25, -0.2) is 8.78 Å². The van der Waals surface area contributed by atoms with Crippen molar-refractivity contribution >= 4 is 21.5 Å². The third-order valence-corrected chi connectivity index (χ3v) is 4.56. The first-order chi connectivity index (χ1) is 11.7. The zero-order chi connectivity index (χ0) is 16.7. The molecule has 0 saturated heterocycles. The van der Waals surface area contributed by atoms with Crippen LogP contribution in [0.3, 0.4) is 0 Å². The normalized spacial score (nSPS) is 11.3. The van der Waals surface area contributed by atoms with E-state index in [1.54, 1.807) is 6.07 Å². The number of rotatable bonds is 2.